The van der Waals surface area contributed by atoms with Gasteiger partial charge in [-0.1, -0.05) is 6.07 Å². The van der Waals surface area contributed by atoms with Gasteiger partial charge in [0.15, 0.2) is 0 Å². The molecular formula is C13H10F3NS. The van der Waals surface area contributed by atoms with Crippen LogP contribution in [0.25, 0.3) is 0 Å². The summed E-state index contributed by atoms with van der Waals surface area (Å²) in [6.07, 6.45) is 0. The van der Waals surface area contributed by atoms with Crippen LogP contribution >= 0.6 is 11.8 Å². The monoisotopic (exact) mass is 269 g/mol. The van der Waals surface area contributed by atoms with Crippen molar-refractivity contribution in [1.29, 1.82) is 0 Å². The van der Waals surface area contributed by atoms with Gasteiger partial charge in [0.25, 0.3) is 0 Å². The summed E-state index contributed by atoms with van der Waals surface area (Å²) < 4.78 is 39.7. The van der Waals surface area contributed by atoms with Crippen LogP contribution in [0.3, 0.4) is 0 Å². The zero-order valence-corrected chi connectivity index (χ0v) is 10.1. The maximum Gasteiger partial charge on any atom is 0.146 e. The molecule has 2 rings (SSSR count). The van der Waals surface area contributed by atoms with Gasteiger partial charge in [-0.15, -0.1) is 11.8 Å². The van der Waals surface area contributed by atoms with Crippen molar-refractivity contribution in [3.05, 3.63) is 59.4 Å². The fourth-order valence-electron chi connectivity index (χ4n) is 1.44. The number of anilines is 1. The molecule has 0 amide bonds. The van der Waals surface area contributed by atoms with Gasteiger partial charge in [0.2, 0.25) is 0 Å². The van der Waals surface area contributed by atoms with Crippen molar-refractivity contribution < 1.29 is 13.2 Å². The number of nitrogens with two attached hydrogens (primary N) is 1. The van der Waals surface area contributed by atoms with Crippen LogP contribution in [-0.4, -0.2) is 0 Å². The first-order chi connectivity index (χ1) is 8.58. The Hall–Kier alpha value is -1.62. The minimum atomic E-state index is -0.586. The Bertz CT molecular complexity index is 552. The van der Waals surface area contributed by atoms with Gasteiger partial charge in [-0.2, -0.15) is 0 Å². The molecule has 2 N–H and O–H groups in total. The van der Waals surface area contributed by atoms with E-state index in [9.17, 15) is 13.2 Å². The van der Waals surface area contributed by atoms with Crippen molar-refractivity contribution in [1.82, 2.24) is 0 Å². The van der Waals surface area contributed by atoms with Crippen molar-refractivity contribution in [3.63, 3.8) is 0 Å². The van der Waals surface area contributed by atoms with Crippen LogP contribution in [0.2, 0.25) is 0 Å². The molecule has 0 unspecified atom stereocenters. The van der Waals surface area contributed by atoms with Crippen LogP contribution in [0.1, 0.15) is 5.56 Å². The number of thioether (sulfide) groups is 1. The summed E-state index contributed by atoms with van der Waals surface area (Å²) in [5, 5.41) is 0. The SMILES string of the molecule is Nc1cc(SCc2c(F)cccc2F)ccc1F. The van der Waals surface area contributed by atoms with Gasteiger partial charge in [-0.05, 0) is 30.3 Å². The number of rotatable bonds is 3. The highest BCUT2D eigenvalue weighted by atomic mass is 32.2. The molecule has 0 heterocycles. The molecule has 0 saturated heterocycles. The lowest BCUT2D eigenvalue weighted by molar-refractivity contribution is 0.566. The second kappa shape index (κ2) is 5.35. The van der Waals surface area contributed by atoms with Crippen LogP contribution in [-0.2, 0) is 5.75 Å². The van der Waals surface area contributed by atoms with Gasteiger partial charge in [0.1, 0.15) is 17.5 Å². The molecule has 0 radical (unpaired) electrons. The fraction of sp³-hybridized carbons (Fsp3) is 0.0769. The van der Waals surface area contributed by atoms with Gasteiger partial charge in [0, 0.05) is 16.2 Å². The predicted octanol–water partition coefficient (Wildman–Crippen LogP) is 3.98. The van der Waals surface area contributed by atoms with E-state index in [1.807, 2.05) is 0 Å². The molecule has 18 heavy (non-hydrogen) atoms. The topological polar surface area (TPSA) is 26.0 Å². The Morgan fingerprint density at radius 1 is 0.944 bits per heavy atom. The maximum absolute atomic E-state index is 13.4. The number of benzene rings is 2. The molecule has 5 heteroatoms. The predicted molar refractivity (Wildman–Crippen MR) is 66.7 cm³/mol. The molecule has 0 aromatic heterocycles. The summed E-state index contributed by atoms with van der Waals surface area (Å²) in [5.74, 6) is -1.55. The Morgan fingerprint density at radius 3 is 2.22 bits per heavy atom. The third-order valence-corrected chi connectivity index (χ3v) is 3.43. The quantitative estimate of drug-likeness (QED) is 0.673. The lowest BCUT2D eigenvalue weighted by atomic mass is 10.2. The summed E-state index contributed by atoms with van der Waals surface area (Å²) >= 11 is 1.20. The zero-order chi connectivity index (χ0) is 13.1. The average Bonchev–Trinajstić information content (AvgIpc) is 2.33. The van der Waals surface area contributed by atoms with Crippen LogP contribution in [0.15, 0.2) is 41.3 Å². The molecule has 0 spiro atoms. The Balaban J connectivity index is 2.14. The van der Waals surface area contributed by atoms with E-state index in [4.69, 9.17) is 5.73 Å². The van der Waals surface area contributed by atoms with E-state index in [0.29, 0.717) is 4.90 Å². The molecule has 2 aromatic rings. The van der Waals surface area contributed by atoms with Crippen molar-refractivity contribution in [2.24, 2.45) is 0 Å². The van der Waals surface area contributed by atoms with Crippen LogP contribution in [0.4, 0.5) is 18.9 Å². The van der Waals surface area contributed by atoms with E-state index in [2.05, 4.69) is 0 Å². The number of hydrogen-bond acceptors (Lipinski definition) is 2. The highest BCUT2D eigenvalue weighted by molar-refractivity contribution is 7.98. The molecular weight excluding hydrogens is 259 g/mol. The summed E-state index contributed by atoms with van der Waals surface area (Å²) in [7, 11) is 0. The van der Waals surface area contributed by atoms with Crippen molar-refractivity contribution >= 4 is 17.4 Å². The van der Waals surface area contributed by atoms with E-state index in [-0.39, 0.29) is 17.0 Å². The molecule has 0 bridgehead atoms. The second-order valence-corrected chi connectivity index (χ2v) is 4.72. The molecule has 0 aliphatic heterocycles. The minimum Gasteiger partial charge on any atom is -0.396 e. The molecule has 94 valence electrons. The lowest BCUT2D eigenvalue weighted by Crippen LogP contribution is -1.94. The van der Waals surface area contributed by atoms with Gasteiger partial charge < -0.3 is 5.73 Å². The second-order valence-electron chi connectivity index (χ2n) is 3.67. The highest BCUT2D eigenvalue weighted by Gasteiger charge is 2.09. The smallest absolute Gasteiger partial charge is 0.146 e. The molecule has 0 saturated carbocycles. The van der Waals surface area contributed by atoms with E-state index in [1.165, 1.54) is 48.2 Å². The fourth-order valence-corrected chi connectivity index (χ4v) is 2.40. The largest absolute Gasteiger partial charge is 0.396 e. The molecule has 0 aliphatic carbocycles. The average molecular weight is 269 g/mol. The van der Waals surface area contributed by atoms with E-state index in [1.54, 1.807) is 0 Å². The first-order valence-corrected chi connectivity index (χ1v) is 6.17. The lowest BCUT2D eigenvalue weighted by Gasteiger charge is -2.06. The molecule has 1 nitrogen and oxygen atoms in total. The summed E-state index contributed by atoms with van der Waals surface area (Å²) in [6.45, 7) is 0. The van der Waals surface area contributed by atoms with Crippen LogP contribution in [0.5, 0.6) is 0 Å². The summed E-state index contributed by atoms with van der Waals surface area (Å²) in [4.78, 5) is 0.663. The summed E-state index contributed by atoms with van der Waals surface area (Å²) in [5.41, 5.74) is 5.44. The highest BCUT2D eigenvalue weighted by Crippen LogP contribution is 2.27. The third kappa shape index (κ3) is 2.79. The Kier molecular flexibility index (Phi) is 3.81. The molecule has 0 aliphatic rings. The summed E-state index contributed by atoms with van der Waals surface area (Å²) in [6, 6.07) is 7.92. The van der Waals surface area contributed by atoms with E-state index in [0.717, 1.165) is 0 Å². The van der Waals surface area contributed by atoms with Gasteiger partial charge in [0.05, 0.1) is 5.69 Å². The number of nitrogen functional groups attached to an aromatic ring is 1. The molecule has 2 aromatic carbocycles. The maximum atomic E-state index is 13.4. The van der Waals surface area contributed by atoms with Crippen LogP contribution < -0.4 is 5.73 Å². The molecule has 0 fully saturated rings. The first kappa shape index (κ1) is 12.8. The van der Waals surface area contributed by atoms with Gasteiger partial charge in [-0.3, -0.25) is 0 Å². The van der Waals surface area contributed by atoms with Crippen molar-refractivity contribution in [2.75, 3.05) is 5.73 Å². The Morgan fingerprint density at radius 2 is 1.61 bits per heavy atom. The first-order valence-electron chi connectivity index (χ1n) is 5.18. The zero-order valence-electron chi connectivity index (χ0n) is 9.29. The van der Waals surface area contributed by atoms with Gasteiger partial charge >= 0.3 is 0 Å². The van der Waals surface area contributed by atoms with Crippen LogP contribution in [0, 0.1) is 17.5 Å². The minimum absolute atomic E-state index is 0.00500. The van der Waals surface area contributed by atoms with E-state index < -0.39 is 17.5 Å². The van der Waals surface area contributed by atoms with Gasteiger partial charge in [-0.25, -0.2) is 13.2 Å². The number of halogens is 3. The van der Waals surface area contributed by atoms with Crippen molar-refractivity contribution in [2.45, 2.75) is 10.6 Å². The number of hydrogen-bond donors (Lipinski definition) is 1. The molecule has 0 atom stereocenters. The standard InChI is InChI=1S/C13H10F3NS/c14-10-2-1-3-11(15)9(10)7-18-8-4-5-12(16)13(17)6-8/h1-6H,7,17H2. The van der Waals surface area contributed by atoms with Crippen molar-refractivity contribution in [3.8, 4) is 0 Å². The Labute approximate surface area is 107 Å². The van der Waals surface area contributed by atoms with E-state index >= 15 is 0 Å². The normalized spacial score (nSPS) is 10.6. The third-order valence-electron chi connectivity index (χ3n) is 2.41.